The molecule has 0 fully saturated rings. The topological polar surface area (TPSA) is 53.4 Å². The van der Waals surface area contributed by atoms with Crippen molar-refractivity contribution in [3.05, 3.63) is 50.8 Å². The third-order valence-corrected chi connectivity index (χ3v) is 7.09. The zero-order valence-corrected chi connectivity index (χ0v) is 20.1. The second kappa shape index (κ2) is 8.93. The van der Waals surface area contributed by atoms with E-state index in [1.54, 1.807) is 22.8 Å². The molecule has 0 N–H and O–H groups in total. The quantitative estimate of drug-likeness (QED) is 0.156. The van der Waals surface area contributed by atoms with Gasteiger partial charge in [-0.2, -0.15) is 4.98 Å². The molecule has 0 saturated carbocycles. The second-order valence-electron chi connectivity index (χ2n) is 8.16. The zero-order valence-electron chi connectivity index (χ0n) is 17.0. The lowest BCUT2D eigenvalue weighted by molar-refractivity contribution is 0.0849. The lowest BCUT2D eigenvalue weighted by Crippen LogP contribution is -2.22. The lowest BCUT2D eigenvalue weighted by Gasteiger charge is -2.16. The molecular formula is C21H24FIN2O3Si. The van der Waals surface area contributed by atoms with E-state index in [1.165, 1.54) is 6.07 Å². The second-order valence-corrected chi connectivity index (χ2v) is 14.9. The van der Waals surface area contributed by atoms with E-state index in [0.717, 1.165) is 17.9 Å². The van der Waals surface area contributed by atoms with Crippen LogP contribution < -0.4 is 4.74 Å². The standard InChI is InChI=1S/C21H24FIN2O3Si/c1-14-5-6-16(9-15(14)12-26)28-21-24-19-11-18(23)17(22)10-20(19)25(21)13-27-7-8-29(2,3)4/h5-6,9-12H,7-8,13H2,1-4H3. The lowest BCUT2D eigenvalue weighted by atomic mass is 10.1. The van der Waals surface area contributed by atoms with Gasteiger partial charge in [-0.1, -0.05) is 25.7 Å². The average molecular weight is 526 g/mol. The fourth-order valence-electron chi connectivity index (χ4n) is 2.75. The highest BCUT2D eigenvalue weighted by Crippen LogP contribution is 2.29. The first-order valence-electron chi connectivity index (χ1n) is 9.34. The monoisotopic (exact) mass is 526 g/mol. The molecule has 2 aromatic carbocycles. The van der Waals surface area contributed by atoms with Crippen LogP contribution in [0.4, 0.5) is 4.39 Å². The Bertz CT molecular complexity index is 1050. The summed E-state index contributed by atoms with van der Waals surface area (Å²) in [5, 5.41) is 0. The van der Waals surface area contributed by atoms with Crippen molar-refractivity contribution < 1.29 is 18.7 Å². The number of hydrogen-bond donors (Lipinski definition) is 0. The summed E-state index contributed by atoms with van der Waals surface area (Å²) in [5.41, 5.74) is 2.65. The molecule has 0 atom stereocenters. The number of benzene rings is 2. The molecule has 0 aliphatic carbocycles. The minimum atomic E-state index is -1.22. The van der Waals surface area contributed by atoms with Gasteiger partial charge in [-0.25, -0.2) is 4.39 Å². The molecule has 29 heavy (non-hydrogen) atoms. The van der Waals surface area contributed by atoms with Crippen LogP contribution in [0.25, 0.3) is 11.0 Å². The highest BCUT2D eigenvalue weighted by atomic mass is 127. The molecule has 154 valence electrons. The van der Waals surface area contributed by atoms with Gasteiger partial charge in [0.25, 0.3) is 0 Å². The van der Waals surface area contributed by atoms with Crippen LogP contribution in [-0.2, 0) is 11.5 Å². The molecule has 8 heteroatoms. The van der Waals surface area contributed by atoms with Gasteiger partial charge in [-0.15, -0.1) is 0 Å². The van der Waals surface area contributed by atoms with Crippen LogP contribution in [0.5, 0.6) is 11.8 Å². The van der Waals surface area contributed by atoms with Crippen molar-refractivity contribution in [2.45, 2.75) is 39.3 Å². The highest BCUT2D eigenvalue weighted by Gasteiger charge is 2.17. The van der Waals surface area contributed by atoms with E-state index >= 15 is 0 Å². The van der Waals surface area contributed by atoms with E-state index in [9.17, 15) is 9.18 Å². The number of nitrogens with zero attached hydrogens (tertiary/aromatic N) is 2. The van der Waals surface area contributed by atoms with E-state index in [4.69, 9.17) is 9.47 Å². The number of hydrogen-bond acceptors (Lipinski definition) is 4. The van der Waals surface area contributed by atoms with Gasteiger partial charge in [-0.05, 0) is 59.3 Å². The van der Waals surface area contributed by atoms with E-state index in [1.807, 2.05) is 35.6 Å². The number of fused-ring (bicyclic) bond motifs is 1. The van der Waals surface area contributed by atoms with Crippen molar-refractivity contribution in [3.8, 4) is 11.8 Å². The molecule has 3 aromatic rings. The van der Waals surface area contributed by atoms with Gasteiger partial charge in [0.15, 0.2) is 0 Å². The smallest absolute Gasteiger partial charge is 0.304 e. The van der Waals surface area contributed by atoms with Crippen LogP contribution in [0.2, 0.25) is 25.7 Å². The fraction of sp³-hybridized carbons (Fsp3) is 0.333. The van der Waals surface area contributed by atoms with Crippen molar-refractivity contribution in [1.29, 1.82) is 0 Å². The number of aryl methyl sites for hydroxylation is 1. The predicted molar refractivity (Wildman–Crippen MR) is 123 cm³/mol. The molecule has 0 saturated heterocycles. The third-order valence-electron chi connectivity index (χ3n) is 4.56. The van der Waals surface area contributed by atoms with E-state index in [2.05, 4.69) is 24.6 Å². The predicted octanol–water partition coefficient (Wildman–Crippen LogP) is 6.01. The number of rotatable bonds is 8. The molecule has 0 radical (unpaired) electrons. The first-order chi connectivity index (χ1) is 13.7. The molecule has 0 aliphatic heterocycles. The molecular weight excluding hydrogens is 502 g/mol. The Morgan fingerprint density at radius 1 is 1.24 bits per heavy atom. The van der Waals surface area contributed by atoms with Gasteiger partial charge in [0.2, 0.25) is 0 Å². The van der Waals surface area contributed by atoms with Gasteiger partial charge in [0, 0.05) is 26.3 Å². The van der Waals surface area contributed by atoms with Crippen LogP contribution in [-0.4, -0.2) is 30.5 Å². The Morgan fingerprint density at radius 2 is 2.00 bits per heavy atom. The average Bonchev–Trinajstić information content (AvgIpc) is 2.96. The van der Waals surface area contributed by atoms with Crippen molar-refractivity contribution in [3.63, 3.8) is 0 Å². The largest absolute Gasteiger partial charge is 0.425 e. The summed E-state index contributed by atoms with van der Waals surface area (Å²) >= 11 is 1.94. The first kappa shape index (κ1) is 21.9. The van der Waals surface area contributed by atoms with Crippen molar-refractivity contribution >= 4 is 48.0 Å². The number of ether oxygens (including phenoxy) is 2. The number of halogens is 2. The number of carbonyl (C=O) groups excluding carboxylic acids is 1. The molecule has 3 rings (SSSR count). The van der Waals surface area contributed by atoms with E-state index < -0.39 is 8.07 Å². The molecule has 0 aliphatic rings. The maximum absolute atomic E-state index is 14.2. The number of aromatic nitrogens is 2. The molecule has 0 amide bonds. The summed E-state index contributed by atoms with van der Waals surface area (Å²) in [6.07, 6.45) is 0.794. The molecule has 1 heterocycles. The van der Waals surface area contributed by atoms with Gasteiger partial charge in [0.05, 0.1) is 14.6 Å². The van der Waals surface area contributed by atoms with Crippen molar-refractivity contribution in [2.24, 2.45) is 0 Å². The van der Waals surface area contributed by atoms with Crippen molar-refractivity contribution in [1.82, 2.24) is 9.55 Å². The van der Waals surface area contributed by atoms with Crippen LogP contribution in [0, 0.1) is 16.3 Å². The maximum Gasteiger partial charge on any atom is 0.304 e. The normalized spacial score (nSPS) is 11.8. The highest BCUT2D eigenvalue weighted by molar-refractivity contribution is 14.1. The van der Waals surface area contributed by atoms with Gasteiger partial charge >= 0.3 is 6.01 Å². The Labute approximate surface area is 184 Å². The van der Waals surface area contributed by atoms with Crippen LogP contribution in [0.1, 0.15) is 15.9 Å². The molecule has 0 spiro atoms. The summed E-state index contributed by atoms with van der Waals surface area (Å²) in [6, 6.07) is 9.73. The summed E-state index contributed by atoms with van der Waals surface area (Å²) in [6.45, 7) is 9.56. The number of aldehydes is 1. The minimum absolute atomic E-state index is 0.211. The Morgan fingerprint density at radius 3 is 2.69 bits per heavy atom. The zero-order chi connectivity index (χ0) is 21.2. The van der Waals surface area contributed by atoms with Crippen molar-refractivity contribution in [2.75, 3.05) is 6.61 Å². The van der Waals surface area contributed by atoms with Crippen LogP contribution >= 0.6 is 22.6 Å². The number of imidazole rings is 1. The summed E-state index contributed by atoms with van der Waals surface area (Å²) in [7, 11) is -1.22. The van der Waals surface area contributed by atoms with Gasteiger partial charge in [0.1, 0.15) is 24.6 Å². The third kappa shape index (κ3) is 5.43. The Hall–Kier alpha value is -1.78. The first-order valence-corrected chi connectivity index (χ1v) is 14.1. The van der Waals surface area contributed by atoms with Gasteiger partial charge in [-0.3, -0.25) is 9.36 Å². The Kier molecular flexibility index (Phi) is 6.75. The Balaban J connectivity index is 1.93. The minimum Gasteiger partial charge on any atom is -0.425 e. The van der Waals surface area contributed by atoms with E-state index in [0.29, 0.717) is 38.5 Å². The van der Waals surface area contributed by atoms with Gasteiger partial charge < -0.3 is 9.47 Å². The summed E-state index contributed by atoms with van der Waals surface area (Å²) in [4.78, 5) is 15.8. The molecule has 0 unspecified atom stereocenters. The summed E-state index contributed by atoms with van der Waals surface area (Å²) in [5.74, 6) is 0.179. The molecule has 1 aromatic heterocycles. The molecule has 5 nitrogen and oxygen atoms in total. The van der Waals surface area contributed by atoms with E-state index in [-0.39, 0.29) is 12.5 Å². The fourth-order valence-corrected chi connectivity index (χ4v) is 3.96. The maximum atomic E-state index is 14.2. The van der Waals surface area contributed by atoms with Crippen LogP contribution in [0.15, 0.2) is 30.3 Å². The number of carbonyl (C=O) groups is 1. The summed E-state index contributed by atoms with van der Waals surface area (Å²) < 4.78 is 28.2. The van der Waals surface area contributed by atoms with Crippen LogP contribution in [0.3, 0.4) is 0 Å². The molecule has 0 bridgehead atoms. The SMILES string of the molecule is Cc1ccc(Oc2nc3cc(I)c(F)cc3n2COCC[Si](C)(C)C)cc1C=O.